The van der Waals surface area contributed by atoms with Crippen molar-refractivity contribution in [2.24, 2.45) is 65.0 Å². The van der Waals surface area contributed by atoms with Gasteiger partial charge in [-0.3, -0.25) is 38.8 Å². The first-order chi connectivity index (χ1) is 67.6. The lowest BCUT2D eigenvalue weighted by molar-refractivity contribution is -0.275. The van der Waals surface area contributed by atoms with E-state index < -0.39 is 39.1 Å². The number of sulfonamides is 2. The molecule has 0 unspecified atom stereocenters. The Kier molecular flexibility index (Phi) is 44.1. The van der Waals surface area contributed by atoms with E-state index in [0.29, 0.717) is 75.8 Å². The standard InChI is InChI=1S/3C19H25F3N2O.2C19H29N3O2S.C18H25BrN2/c1-17(2,3)18(14-23-4)9-11-24(12-10-18)13-15-5-7-16(8-6-15)25-19(20,21)22;1-17(2,3)18(14-23-4)8-10-24(11-9-18)13-15-6-5-7-16(12-15)25-19(20,21)22;1-17(2,3)18(14-23-4)9-11-24(12-10-18)13-15-7-5-6-8-16(15)25-19(20,21)22;1-18(2,3)19(15-20-4)10-12-22(13-11-19)14-16-6-8-17(9-7-16)21-25(5,23)24;1-18(2,3)19(15-20-4)9-11-22(12-10-19)14-16-7-6-8-17(13-16)21-25(5,23)24;1-17(2,3)18(14-20-4)9-11-21(12-10-18)13-15-7-5-6-8-16(15)19/h5-8H,9-14H2,1-3H3;5-7,12H,8-11,13-14H2,1-3H3;5-8H,9-14H2,1-3H3;6-9,21H,10-15H2,1-3,5H3;6-8,13,21H,9-12,14-15H2,1-3,5H3;5-8H,9-14H2,1-3H3. The minimum Gasteiger partial charge on any atom is -0.406 e. The van der Waals surface area contributed by atoms with E-state index in [-0.39, 0.29) is 82.2 Å². The van der Waals surface area contributed by atoms with Crippen molar-refractivity contribution < 1.29 is 70.6 Å². The fourth-order valence-corrected chi connectivity index (χ4v) is 22.6. The third-order valence-electron chi connectivity index (χ3n) is 32.1. The number of anilines is 2. The maximum Gasteiger partial charge on any atom is 0.573 e. The van der Waals surface area contributed by atoms with Crippen LogP contribution in [0.25, 0.3) is 29.1 Å². The number of rotatable bonds is 25. The lowest BCUT2D eigenvalue weighted by atomic mass is 9.61. The zero-order valence-electron chi connectivity index (χ0n) is 89.6. The molecule has 6 aromatic rings. The van der Waals surface area contributed by atoms with Gasteiger partial charge in [0.05, 0.1) is 12.5 Å². The summed E-state index contributed by atoms with van der Waals surface area (Å²) in [6.07, 6.45) is 0.248. The Labute approximate surface area is 875 Å². The number of hydrogen-bond acceptors (Lipinski definition) is 13. The van der Waals surface area contributed by atoms with Crippen molar-refractivity contribution in [1.29, 1.82) is 0 Å². The van der Waals surface area contributed by atoms with Gasteiger partial charge in [-0.2, -0.15) is 0 Å². The molecule has 21 nitrogen and oxygen atoms in total. The Balaban J connectivity index is 0.000000238. The highest BCUT2D eigenvalue weighted by molar-refractivity contribution is 9.10. The average molecular weight is 2140 g/mol. The summed E-state index contributed by atoms with van der Waals surface area (Å²) in [6.45, 7) is 103. The fourth-order valence-electron chi connectivity index (χ4n) is 21.1. The summed E-state index contributed by atoms with van der Waals surface area (Å²) in [6, 6.07) is 42.1. The molecule has 6 saturated heterocycles. The number of alkyl halides is 9. The smallest absolute Gasteiger partial charge is 0.406 e. The van der Waals surface area contributed by atoms with Crippen LogP contribution < -0.4 is 23.7 Å². The summed E-state index contributed by atoms with van der Waals surface area (Å²) < 4.78 is 175. The number of para-hydroxylation sites is 1. The molecule has 0 saturated carbocycles. The number of likely N-dealkylation sites (tertiary alicyclic amines) is 6. The van der Waals surface area contributed by atoms with Gasteiger partial charge in [0, 0.05) is 93.2 Å². The van der Waals surface area contributed by atoms with E-state index >= 15 is 0 Å². The van der Waals surface area contributed by atoms with E-state index in [4.69, 9.17) is 39.4 Å². The van der Waals surface area contributed by atoms with E-state index in [1.807, 2.05) is 36.4 Å². The summed E-state index contributed by atoms with van der Waals surface area (Å²) in [7, 11) is -6.49. The Bertz CT molecular complexity index is 5620. The number of hydrogen-bond donors (Lipinski definition) is 2. The van der Waals surface area contributed by atoms with Crippen LogP contribution in [0.15, 0.2) is 150 Å². The molecule has 12 rings (SSSR count). The summed E-state index contributed by atoms with van der Waals surface area (Å²) in [5.74, 6) is -0.512. The SMILES string of the molecule is [C-]#[N+]CC1(C(C)(C)C)CCN(Cc2ccc(NS(C)(=O)=O)cc2)CC1.[C-]#[N+]CC1(C(C)(C)C)CCN(Cc2ccc(OC(F)(F)F)cc2)CC1.[C-]#[N+]CC1(C(C)(C)C)CCN(Cc2cccc(NS(C)(=O)=O)c2)CC1.[C-]#[N+]CC1(C(C)(C)C)CCN(Cc2cccc(OC(F)(F)F)c2)CC1.[C-]#[N+]CC1(C(C)(C)C)CCN(Cc2ccccc2Br)CC1.[C-]#[N+]CC1(C(C)(C)C)CCN(Cc2ccccc2OC(F)(F)F)CC1. The molecule has 0 amide bonds. The number of ether oxygens (including phenoxy) is 3. The maximum absolute atomic E-state index is 12.6. The normalized spacial score (nSPS) is 18.7. The molecule has 6 aliphatic rings. The third kappa shape index (κ3) is 38.0. The van der Waals surface area contributed by atoms with E-state index in [1.54, 1.807) is 54.6 Å². The zero-order valence-corrected chi connectivity index (χ0v) is 92.9. The average Bonchev–Trinajstić information content (AvgIpc) is 0.801. The second kappa shape index (κ2) is 52.0. The van der Waals surface area contributed by atoms with Gasteiger partial charge in [-0.15, -0.1) is 39.5 Å². The molecule has 6 fully saturated rings. The molecule has 0 aromatic heterocycles. The molecular weight excluding hydrogens is 1980 g/mol. The van der Waals surface area contributed by atoms with Crippen molar-refractivity contribution in [3.63, 3.8) is 0 Å². The van der Waals surface area contributed by atoms with Crippen LogP contribution in [-0.2, 0) is 59.3 Å². The summed E-state index contributed by atoms with van der Waals surface area (Å²) in [5, 5.41) is 0. The Morgan fingerprint density at radius 3 is 0.842 bits per heavy atom. The van der Waals surface area contributed by atoms with Gasteiger partial charge in [-0.25, -0.2) is 56.3 Å². The highest BCUT2D eigenvalue weighted by atomic mass is 79.9. The van der Waals surface area contributed by atoms with Gasteiger partial charge in [0.2, 0.25) is 59.3 Å². The van der Waals surface area contributed by atoms with Gasteiger partial charge in [-0.1, -0.05) is 225 Å². The van der Waals surface area contributed by atoms with Crippen LogP contribution in [0, 0.1) is 104 Å². The highest BCUT2D eigenvalue weighted by Gasteiger charge is 2.53. The number of piperidine rings is 6. The molecule has 6 heterocycles. The molecule has 146 heavy (non-hydrogen) atoms. The number of benzene rings is 6. The number of halogens is 10. The van der Waals surface area contributed by atoms with E-state index in [9.17, 15) is 56.3 Å². The van der Waals surface area contributed by atoms with Crippen molar-refractivity contribution in [3.8, 4) is 17.2 Å². The molecule has 0 bridgehead atoms. The summed E-state index contributed by atoms with van der Waals surface area (Å²) >= 11 is 3.64. The topological polar surface area (TPSA) is 166 Å². The quantitative estimate of drug-likeness (QED) is 0.0411. The third-order valence-corrected chi connectivity index (χ3v) is 34.0. The van der Waals surface area contributed by atoms with Crippen molar-refractivity contribution in [2.75, 3.05) is 140 Å². The molecular formula is C113H158BrF9N14O7S2. The van der Waals surface area contributed by atoms with Gasteiger partial charge in [0.1, 0.15) is 17.2 Å². The Hall–Kier alpha value is -9.23. The minimum absolute atomic E-state index is 0.00644. The van der Waals surface area contributed by atoms with Crippen LogP contribution in [0.5, 0.6) is 17.2 Å². The van der Waals surface area contributed by atoms with Gasteiger partial charge in [0.15, 0.2) is 0 Å². The summed E-state index contributed by atoms with van der Waals surface area (Å²) in [5.41, 5.74) is 8.15. The fraction of sp³-hybridized carbons (Fsp3) is 0.628. The van der Waals surface area contributed by atoms with Crippen LogP contribution in [0.4, 0.5) is 50.9 Å². The minimum atomic E-state index is -4.69. The molecule has 0 radical (unpaired) electrons. The van der Waals surface area contributed by atoms with Crippen LogP contribution in [0.1, 0.15) is 235 Å². The first-order valence-corrected chi connectivity index (χ1v) is 54.9. The molecule has 0 aliphatic carbocycles. The number of nitrogens with zero attached hydrogens (tertiary/aromatic N) is 12. The van der Waals surface area contributed by atoms with E-state index in [0.717, 1.165) is 204 Å². The number of nitrogens with one attached hydrogen (secondary N) is 2. The first-order valence-electron chi connectivity index (χ1n) is 50.4. The molecule has 0 spiro atoms. The van der Waals surface area contributed by atoms with E-state index in [2.05, 4.69) is 247 Å². The Morgan fingerprint density at radius 2 is 0.548 bits per heavy atom. The predicted octanol–water partition coefficient (Wildman–Crippen LogP) is 27.6. The van der Waals surface area contributed by atoms with Crippen molar-refractivity contribution in [2.45, 2.75) is 260 Å². The molecule has 33 heteroatoms. The Morgan fingerprint density at radius 1 is 0.295 bits per heavy atom. The highest BCUT2D eigenvalue weighted by Crippen LogP contribution is 2.54. The van der Waals surface area contributed by atoms with Gasteiger partial charge >= 0.3 is 19.1 Å². The summed E-state index contributed by atoms with van der Waals surface area (Å²) in [4.78, 5) is 36.2. The maximum atomic E-state index is 12.6. The van der Waals surface area contributed by atoms with Crippen LogP contribution in [-0.4, -0.2) is 196 Å². The molecule has 6 aromatic carbocycles. The van der Waals surface area contributed by atoms with Crippen molar-refractivity contribution in [3.05, 3.63) is 252 Å². The van der Waals surface area contributed by atoms with Gasteiger partial charge in [0.25, 0.3) is 0 Å². The van der Waals surface area contributed by atoms with Crippen LogP contribution >= 0.6 is 15.9 Å². The lowest BCUT2D eigenvalue weighted by Crippen LogP contribution is -2.48. The van der Waals surface area contributed by atoms with Gasteiger partial charge in [-0.05, 0) is 277 Å². The largest absolute Gasteiger partial charge is 0.573 e. The van der Waals surface area contributed by atoms with Crippen LogP contribution in [0.3, 0.4) is 0 Å². The zero-order chi connectivity index (χ0) is 109. The van der Waals surface area contributed by atoms with Gasteiger partial charge < -0.3 is 43.3 Å². The second-order valence-corrected chi connectivity index (χ2v) is 51.4. The predicted molar refractivity (Wildman–Crippen MR) is 571 cm³/mol. The van der Waals surface area contributed by atoms with Crippen molar-refractivity contribution >= 4 is 47.4 Å². The van der Waals surface area contributed by atoms with Crippen molar-refractivity contribution in [1.82, 2.24) is 29.4 Å². The lowest BCUT2D eigenvalue weighted by Gasteiger charge is -2.46. The monoisotopic (exact) mass is 2140 g/mol. The van der Waals surface area contributed by atoms with E-state index in [1.165, 1.54) is 45.9 Å². The second-order valence-electron chi connectivity index (χ2n) is 47.0. The van der Waals surface area contributed by atoms with Crippen LogP contribution in [0.2, 0.25) is 0 Å². The molecule has 6 aliphatic heterocycles. The molecule has 0 atom stereocenters. The first kappa shape index (κ1) is 124. The molecule has 804 valence electrons. The molecule has 2 N–H and O–H groups in total.